The summed E-state index contributed by atoms with van der Waals surface area (Å²) < 4.78 is 21.1. The number of hydrogen-bond acceptors (Lipinski definition) is 8. The van der Waals surface area contributed by atoms with Gasteiger partial charge < -0.3 is 48.3 Å². The molecule has 0 unspecified atom stereocenters. The zero-order valence-corrected chi connectivity index (χ0v) is 46.7. The molecule has 0 N–H and O–H groups in total. The molecule has 0 radical (unpaired) electrons. The maximum atomic E-state index is 6.40. The van der Waals surface area contributed by atoms with Crippen LogP contribution in [-0.2, 0) is 42.1 Å². The first kappa shape index (κ1) is 50.8. The van der Waals surface area contributed by atoms with Crippen molar-refractivity contribution in [3.63, 3.8) is 0 Å². The number of para-hydroxylation sites is 4. The van der Waals surface area contributed by atoms with Crippen LogP contribution in [0.25, 0.3) is 77.7 Å². The van der Waals surface area contributed by atoms with Crippen molar-refractivity contribution in [3.8, 4) is 57.1 Å². The van der Waals surface area contributed by atoms with Crippen molar-refractivity contribution in [1.29, 1.82) is 0 Å². The predicted octanol–water partition coefficient (Wildman–Crippen LogP) is 12.0. The molecule has 12 nitrogen and oxygen atoms in total. The Morgan fingerprint density at radius 3 is 1.21 bits per heavy atom. The summed E-state index contributed by atoms with van der Waals surface area (Å²) in [4.78, 5) is 23.4. The zero-order chi connectivity index (χ0) is 50.4. The SMILES string of the molecule is [Pt].[Pt].[c-]1c(Oc2[c-]c(-c3[c-]c(Oc4[c-]c(-[n+]5[c-]n(-c6cc7ccccc7cc6N6CCCCC6)c6ccccc65)cnc4)ccn3)ncc2)cncc1-[n+]1[c-]n(-c2cc3ccccc3cc2N2CCCCC2)c2ccccc21. The first-order valence-electron chi connectivity index (χ1n) is 26.0. The summed E-state index contributed by atoms with van der Waals surface area (Å²) in [6, 6.07) is 59.9. The summed E-state index contributed by atoms with van der Waals surface area (Å²) in [5.41, 5.74) is 10.7. The fourth-order valence-electron chi connectivity index (χ4n) is 10.8. The van der Waals surface area contributed by atoms with Crippen LogP contribution in [-0.4, -0.2) is 55.2 Å². The summed E-state index contributed by atoms with van der Waals surface area (Å²) in [6.07, 6.45) is 24.7. The second-order valence-corrected chi connectivity index (χ2v) is 19.3. The number of benzene rings is 6. The van der Waals surface area contributed by atoms with Crippen molar-refractivity contribution < 1.29 is 60.7 Å². The van der Waals surface area contributed by atoms with Crippen LogP contribution in [0, 0.1) is 36.9 Å². The third-order valence-corrected chi connectivity index (χ3v) is 14.5. The molecule has 390 valence electrons. The minimum absolute atomic E-state index is 0. The Morgan fingerprint density at radius 1 is 0.397 bits per heavy atom. The van der Waals surface area contributed by atoms with E-state index in [1.165, 1.54) is 71.4 Å². The Bertz CT molecular complexity index is 3880. The van der Waals surface area contributed by atoms with Crippen molar-refractivity contribution >= 4 is 55.0 Å². The molecular weight excluding hydrogens is 1330 g/mol. The van der Waals surface area contributed by atoms with Crippen LogP contribution in [0.15, 0.2) is 171 Å². The standard InChI is InChI=1S/C64H48N10O2.2Pt/c1-11-27-69(28-12-1)61-31-45-15-3-5-17-47(45)33-63(61)73-43-71(57-19-7-9-21-59(57)73)49-35-53(41-65-39-49)75-51-23-25-67-55(37-51)56-38-52(24-26-68-56)76-54-36-50(40-66-42-54)72-44-74(60-22-10-8-20-58(60)72)64-34-48-18-6-4-16-46(48)32-62(64)70-29-13-2-14-30-70;;/h3-10,15-26,31-34,39-42H,1-2,11-14,27-30H2;;/q-4;;. The van der Waals surface area contributed by atoms with Crippen molar-refractivity contribution in [3.05, 3.63) is 208 Å². The first-order valence-corrected chi connectivity index (χ1v) is 26.0. The van der Waals surface area contributed by atoms with E-state index >= 15 is 0 Å². The Kier molecular flexibility index (Phi) is 14.4. The first-order chi connectivity index (χ1) is 37.6. The molecule has 2 aliphatic rings. The minimum Gasteiger partial charge on any atom is -0.509 e. The monoisotopic (exact) mass is 1380 g/mol. The largest absolute Gasteiger partial charge is 0.509 e. The fourth-order valence-corrected chi connectivity index (χ4v) is 10.8. The molecule has 0 atom stereocenters. The van der Waals surface area contributed by atoms with E-state index < -0.39 is 0 Å². The number of aromatic nitrogens is 8. The van der Waals surface area contributed by atoms with E-state index in [1.807, 2.05) is 21.3 Å². The van der Waals surface area contributed by atoms with E-state index in [9.17, 15) is 0 Å². The molecule has 6 aromatic heterocycles. The smallest absolute Gasteiger partial charge is 0.268 e. The number of nitrogens with zero attached hydrogens (tertiary/aromatic N) is 10. The normalized spacial score (nSPS) is 13.6. The molecule has 8 heterocycles. The molecule has 14 rings (SSSR count). The van der Waals surface area contributed by atoms with Crippen LogP contribution in [0.1, 0.15) is 38.5 Å². The van der Waals surface area contributed by atoms with E-state index in [-0.39, 0.29) is 42.1 Å². The van der Waals surface area contributed by atoms with Crippen LogP contribution < -0.4 is 28.4 Å². The molecule has 2 fully saturated rings. The van der Waals surface area contributed by atoms with Crippen LogP contribution in [0.2, 0.25) is 0 Å². The van der Waals surface area contributed by atoms with Crippen LogP contribution in [0.5, 0.6) is 23.0 Å². The van der Waals surface area contributed by atoms with Crippen molar-refractivity contribution in [2.24, 2.45) is 0 Å². The number of imidazole rings is 2. The van der Waals surface area contributed by atoms with Gasteiger partial charge in [-0.3, -0.25) is 9.13 Å². The number of ether oxygens (including phenoxy) is 2. The molecule has 14 heteroatoms. The number of rotatable bonds is 11. The third-order valence-electron chi connectivity index (χ3n) is 14.5. The van der Waals surface area contributed by atoms with E-state index in [2.05, 4.69) is 185 Å². The third kappa shape index (κ3) is 9.84. The van der Waals surface area contributed by atoms with Crippen LogP contribution >= 0.6 is 0 Å². The van der Waals surface area contributed by atoms with Gasteiger partial charge in [-0.25, -0.2) is 0 Å². The molecule has 0 spiro atoms. The molecule has 0 amide bonds. The van der Waals surface area contributed by atoms with Gasteiger partial charge in [0.1, 0.15) is 0 Å². The summed E-state index contributed by atoms with van der Waals surface area (Å²) in [7, 11) is 0. The topological polar surface area (TPSA) is 94.1 Å². The number of pyridine rings is 4. The molecule has 0 bridgehead atoms. The average molecular weight is 1380 g/mol. The summed E-state index contributed by atoms with van der Waals surface area (Å²) in [5.74, 6) is 1.62. The average Bonchev–Trinajstić information content (AvgIpc) is 4.08. The van der Waals surface area contributed by atoms with Crippen molar-refractivity contribution in [2.75, 3.05) is 36.0 Å². The second kappa shape index (κ2) is 22.1. The van der Waals surface area contributed by atoms with Gasteiger partial charge in [0.25, 0.3) is 12.7 Å². The molecule has 2 saturated heterocycles. The quantitative estimate of drug-likeness (QED) is 0.0934. The van der Waals surface area contributed by atoms with Gasteiger partial charge in [0.2, 0.25) is 0 Å². The van der Waals surface area contributed by atoms with Crippen LogP contribution in [0.3, 0.4) is 0 Å². The predicted molar refractivity (Wildman–Crippen MR) is 293 cm³/mol. The van der Waals surface area contributed by atoms with E-state index in [0.29, 0.717) is 45.8 Å². The van der Waals surface area contributed by atoms with Gasteiger partial charge in [-0.05, 0) is 120 Å². The van der Waals surface area contributed by atoms with Gasteiger partial charge >= 0.3 is 0 Å². The number of piperidine rings is 2. The van der Waals surface area contributed by atoms with Crippen molar-refractivity contribution in [1.82, 2.24) is 29.1 Å². The number of anilines is 2. The number of fused-ring (bicyclic) bond motifs is 4. The van der Waals surface area contributed by atoms with E-state index in [0.717, 1.165) is 59.6 Å². The Hall–Kier alpha value is -8.04. The molecule has 0 saturated carbocycles. The van der Waals surface area contributed by atoms with Gasteiger partial charge in [0, 0.05) is 91.3 Å². The molecular formula is C64H48N10O2Pt2-4. The van der Waals surface area contributed by atoms with Gasteiger partial charge in [0.15, 0.2) is 0 Å². The second-order valence-electron chi connectivity index (χ2n) is 19.3. The molecule has 0 aliphatic carbocycles. The van der Waals surface area contributed by atoms with Crippen LogP contribution in [0.4, 0.5) is 11.4 Å². The maximum Gasteiger partial charge on any atom is 0.268 e. The molecule has 6 aromatic carbocycles. The Labute approximate surface area is 480 Å². The van der Waals surface area contributed by atoms with Gasteiger partial charge in [-0.15, -0.1) is 35.7 Å². The fraction of sp³-hybridized carbons (Fsp3) is 0.156. The van der Waals surface area contributed by atoms with Gasteiger partial charge in [0.05, 0.1) is 44.8 Å². The van der Waals surface area contributed by atoms with Crippen molar-refractivity contribution in [2.45, 2.75) is 38.5 Å². The zero-order valence-electron chi connectivity index (χ0n) is 42.2. The minimum atomic E-state index is 0. The summed E-state index contributed by atoms with van der Waals surface area (Å²) in [5, 5.41) is 4.79. The molecule has 78 heavy (non-hydrogen) atoms. The summed E-state index contributed by atoms with van der Waals surface area (Å²) >= 11 is 0. The maximum absolute atomic E-state index is 6.40. The molecule has 2 aliphatic heterocycles. The molecule has 12 aromatic rings. The number of hydrogen-bond donors (Lipinski definition) is 0. The Balaban J connectivity index is 0.00000305. The van der Waals surface area contributed by atoms with E-state index in [1.54, 1.807) is 49.3 Å². The van der Waals surface area contributed by atoms with E-state index in [4.69, 9.17) is 9.47 Å². The summed E-state index contributed by atoms with van der Waals surface area (Å²) in [6.45, 7) is 4.09. The Morgan fingerprint density at radius 2 is 0.782 bits per heavy atom. The van der Waals surface area contributed by atoms with Gasteiger partial charge in [-0.1, -0.05) is 109 Å². The van der Waals surface area contributed by atoms with Gasteiger partial charge in [-0.2, -0.15) is 12.1 Å².